The van der Waals surface area contributed by atoms with E-state index in [0.717, 1.165) is 11.3 Å². The first kappa shape index (κ1) is 15.9. The van der Waals surface area contributed by atoms with Crippen molar-refractivity contribution in [3.63, 3.8) is 0 Å². The zero-order valence-electron chi connectivity index (χ0n) is 10.9. The van der Waals surface area contributed by atoms with E-state index >= 15 is 0 Å². The van der Waals surface area contributed by atoms with Crippen LogP contribution in [0.15, 0.2) is 14.8 Å². The highest BCUT2D eigenvalue weighted by Gasteiger charge is 2.21. The molecule has 0 aromatic carbocycles. The lowest BCUT2D eigenvalue weighted by Gasteiger charge is -1.95. The Morgan fingerprint density at radius 1 is 1.57 bits per heavy atom. The summed E-state index contributed by atoms with van der Waals surface area (Å²) in [6, 6.07) is 1.42. The summed E-state index contributed by atoms with van der Waals surface area (Å²) >= 11 is 0.760. The van der Waals surface area contributed by atoms with Crippen LogP contribution >= 0.6 is 22.0 Å². The molecule has 0 fully saturated rings. The van der Waals surface area contributed by atoms with Gasteiger partial charge in [0.25, 0.3) is 15.0 Å². The Kier molecular flexibility index (Phi) is 4.61. The van der Waals surface area contributed by atoms with Crippen molar-refractivity contribution in [3.05, 3.63) is 23.2 Å². The molecule has 114 valence electrons. The maximum atomic E-state index is 11.9. The summed E-state index contributed by atoms with van der Waals surface area (Å²) in [5.41, 5.74) is 0.246. The summed E-state index contributed by atoms with van der Waals surface area (Å²) in [6.45, 7) is 1.67. The largest absolute Gasteiger partial charge is 0.377 e. The van der Waals surface area contributed by atoms with Gasteiger partial charge in [-0.25, -0.2) is 13.4 Å². The van der Waals surface area contributed by atoms with E-state index in [9.17, 15) is 13.2 Å². The molecule has 2 rings (SSSR count). The molecule has 2 aromatic heterocycles. The van der Waals surface area contributed by atoms with Gasteiger partial charge in [-0.05, 0) is 6.92 Å². The van der Waals surface area contributed by atoms with Crippen molar-refractivity contribution in [1.29, 1.82) is 0 Å². The van der Waals surface area contributed by atoms with Gasteiger partial charge in [-0.15, -0.1) is 0 Å². The SMILES string of the molecule is COCc1cc(C(=O)Nc2nc(C)c(S(=O)(=O)Cl)s2)no1. The van der Waals surface area contributed by atoms with E-state index in [4.69, 9.17) is 19.9 Å². The van der Waals surface area contributed by atoms with Gasteiger partial charge in [-0.2, -0.15) is 0 Å². The summed E-state index contributed by atoms with van der Waals surface area (Å²) in [7, 11) is 2.85. The van der Waals surface area contributed by atoms with Crippen LogP contribution < -0.4 is 5.32 Å². The molecular weight excluding hydrogens is 342 g/mol. The standard InChI is InChI=1S/C10H10ClN3O5S2/c1-5-9(21(11,16)17)20-10(12-5)13-8(15)7-3-6(4-18-2)19-14-7/h3H,4H2,1-2H3,(H,12,13,15). The number of nitrogens with one attached hydrogen (secondary N) is 1. The van der Waals surface area contributed by atoms with Crippen molar-refractivity contribution in [1.82, 2.24) is 10.1 Å². The molecule has 0 bridgehead atoms. The first-order chi connectivity index (χ1) is 9.81. The fraction of sp³-hybridized carbons (Fsp3) is 0.300. The van der Waals surface area contributed by atoms with Gasteiger partial charge in [0, 0.05) is 23.9 Å². The van der Waals surface area contributed by atoms with Crippen LogP contribution in [0.1, 0.15) is 21.9 Å². The molecule has 0 aliphatic carbocycles. The molecule has 0 aliphatic heterocycles. The summed E-state index contributed by atoms with van der Waals surface area (Å²) in [5, 5.41) is 6.11. The van der Waals surface area contributed by atoms with Gasteiger partial charge < -0.3 is 9.26 Å². The minimum Gasteiger partial charge on any atom is -0.377 e. The third kappa shape index (κ3) is 3.79. The maximum absolute atomic E-state index is 11.9. The third-order valence-corrected chi connectivity index (χ3v) is 5.53. The second-order valence-electron chi connectivity index (χ2n) is 3.90. The highest BCUT2D eigenvalue weighted by atomic mass is 35.7. The average molecular weight is 352 g/mol. The molecule has 21 heavy (non-hydrogen) atoms. The number of hydrogen-bond donors (Lipinski definition) is 1. The monoisotopic (exact) mass is 351 g/mol. The number of halogens is 1. The Labute approximate surface area is 128 Å². The van der Waals surface area contributed by atoms with Crippen molar-refractivity contribution in [2.45, 2.75) is 17.7 Å². The molecule has 0 saturated carbocycles. The first-order valence-electron chi connectivity index (χ1n) is 5.49. The maximum Gasteiger partial charge on any atom is 0.279 e. The number of aryl methyl sites for hydroxylation is 1. The van der Waals surface area contributed by atoms with Gasteiger partial charge in [0.15, 0.2) is 20.8 Å². The molecule has 2 aromatic rings. The zero-order chi connectivity index (χ0) is 15.6. The number of anilines is 1. The highest BCUT2D eigenvalue weighted by Crippen LogP contribution is 2.29. The van der Waals surface area contributed by atoms with Gasteiger partial charge in [0.05, 0.1) is 5.69 Å². The molecule has 2 heterocycles. The highest BCUT2D eigenvalue weighted by molar-refractivity contribution is 8.15. The summed E-state index contributed by atoms with van der Waals surface area (Å²) in [4.78, 5) is 15.8. The Bertz CT molecular complexity index is 768. The summed E-state index contributed by atoms with van der Waals surface area (Å²) < 4.78 is 32.2. The van der Waals surface area contributed by atoms with Gasteiger partial charge in [-0.3, -0.25) is 10.1 Å². The second kappa shape index (κ2) is 6.10. The number of nitrogens with zero attached hydrogens (tertiary/aromatic N) is 2. The lowest BCUT2D eigenvalue weighted by Crippen LogP contribution is -2.11. The van der Waals surface area contributed by atoms with E-state index < -0.39 is 15.0 Å². The summed E-state index contributed by atoms with van der Waals surface area (Å²) in [5.74, 6) is -0.185. The fourth-order valence-electron chi connectivity index (χ4n) is 1.45. The number of ether oxygens (including phenoxy) is 1. The number of thiazole rings is 1. The van der Waals surface area contributed by atoms with Crippen molar-refractivity contribution in [2.24, 2.45) is 0 Å². The number of aromatic nitrogens is 2. The van der Waals surface area contributed by atoms with Crippen molar-refractivity contribution in [2.75, 3.05) is 12.4 Å². The Morgan fingerprint density at radius 3 is 2.86 bits per heavy atom. The lowest BCUT2D eigenvalue weighted by molar-refractivity contribution is 0.101. The molecule has 0 unspecified atom stereocenters. The average Bonchev–Trinajstić information content (AvgIpc) is 2.96. The minimum atomic E-state index is -3.89. The van der Waals surface area contributed by atoms with Crippen LogP contribution in [0, 0.1) is 6.92 Å². The van der Waals surface area contributed by atoms with Crippen LogP contribution in [0.3, 0.4) is 0 Å². The number of hydrogen-bond acceptors (Lipinski definition) is 8. The Morgan fingerprint density at radius 2 is 2.29 bits per heavy atom. The molecule has 0 spiro atoms. The Balaban J connectivity index is 2.16. The normalized spacial score (nSPS) is 11.6. The molecule has 0 aliphatic rings. The number of carbonyl (C=O) groups is 1. The van der Waals surface area contributed by atoms with Crippen LogP contribution in [-0.4, -0.2) is 31.6 Å². The first-order valence-corrected chi connectivity index (χ1v) is 8.62. The van der Waals surface area contributed by atoms with E-state index in [1.165, 1.54) is 20.1 Å². The smallest absolute Gasteiger partial charge is 0.279 e. The topological polar surface area (TPSA) is 111 Å². The number of amides is 1. The van der Waals surface area contributed by atoms with E-state index in [1.807, 2.05) is 0 Å². The second-order valence-corrected chi connectivity index (χ2v) is 7.66. The van der Waals surface area contributed by atoms with Crippen LogP contribution in [0.4, 0.5) is 5.13 Å². The van der Waals surface area contributed by atoms with Crippen LogP contribution in [-0.2, 0) is 20.4 Å². The minimum absolute atomic E-state index is 0.0326. The van der Waals surface area contributed by atoms with E-state index in [-0.39, 0.29) is 27.3 Å². The predicted molar refractivity (Wildman–Crippen MR) is 75.1 cm³/mol. The number of rotatable bonds is 5. The fourth-order valence-corrected chi connectivity index (χ4v) is 3.80. The predicted octanol–water partition coefficient (Wildman–Crippen LogP) is 1.77. The van der Waals surface area contributed by atoms with E-state index in [2.05, 4.69) is 15.5 Å². The van der Waals surface area contributed by atoms with Crippen LogP contribution in [0.5, 0.6) is 0 Å². The van der Waals surface area contributed by atoms with Crippen LogP contribution in [0.2, 0.25) is 0 Å². The molecule has 0 atom stereocenters. The lowest BCUT2D eigenvalue weighted by atomic mass is 10.3. The molecule has 1 N–H and O–H groups in total. The quantitative estimate of drug-likeness (QED) is 0.817. The van der Waals surface area contributed by atoms with Crippen molar-refractivity contribution >= 4 is 42.1 Å². The zero-order valence-corrected chi connectivity index (χ0v) is 13.3. The molecular formula is C10H10ClN3O5S2. The van der Waals surface area contributed by atoms with E-state index in [1.54, 1.807) is 0 Å². The molecule has 1 amide bonds. The summed E-state index contributed by atoms with van der Waals surface area (Å²) in [6.07, 6.45) is 0. The molecule has 8 nitrogen and oxygen atoms in total. The van der Waals surface area contributed by atoms with Crippen molar-refractivity contribution < 1.29 is 22.5 Å². The third-order valence-electron chi connectivity index (χ3n) is 2.27. The number of carbonyl (C=O) groups excluding carboxylic acids is 1. The molecule has 0 radical (unpaired) electrons. The van der Waals surface area contributed by atoms with Crippen molar-refractivity contribution in [3.8, 4) is 0 Å². The van der Waals surface area contributed by atoms with Gasteiger partial charge in [-0.1, -0.05) is 16.5 Å². The molecule has 11 heteroatoms. The van der Waals surface area contributed by atoms with Gasteiger partial charge in [0.1, 0.15) is 6.61 Å². The Hall–Kier alpha value is -1.49. The van der Waals surface area contributed by atoms with E-state index in [0.29, 0.717) is 5.76 Å². The number of methoxy groups -OCH3 is 1. The van der Waals surface area contributed by atoms with Gasteiger partial charge in [0.2, 0.25) is 0 Å². The van der Waals surface area contributed by atoms with Gasteiger partial charge >= 0.3 is 0 Å². The molecule has 0 saturated heterocycles. The van der Waals surface area contributed by atoms with Crippen LogP contribution in [0.25, 0.3) is 0 Å².